The zero-order valence-corrected chi connectivity index (χ0v) is 13.4. The van der Waals surface area contributed by atoms with Crippen molar-refractivity contribution in [1.29, 1.82) is 0 Å². The Kier molecular flexibility index (Phi) is 7.15. The van der Waals surface area contributed by atoms with Gasteiger partial charge in [0, 0.05) is 24.2 Å². The van der Waals surface area contributed by atoms with Gasteiger partial charge in [-0.25, -0.2) is 4.98 Å². The van der Waals surface area contributed by atoms with Crippen LogP contribution in [0.15, 0.2) is 12.1 Å². The van der Waals surface area contributed by atoms with Crippen LogP contribution in [0.2, 0.25) is 5.15 Å². The number of carbonyl (C=O) groups is 2. The maximum atomic E-state index is 12.0. The van der Waals surface area contributed by atoms with Crippen LogP contribution in [0, 0.1) is 0 Å². The SMILES string of the molecule is CCOC(=O)CCCNC(=O)c1cc(Cl)nc(C(C)C)c1. The predicted molar refractivity (Wildman–Crippen MR) is 81.5 cm³/mol. The van der Waals surface area contributed by atoms with Gasteiger partial charge < -0.3 is 10.1 Å². The van der Waals surface area contributed by atoms with Crippen LogP contribution < -0.4 is 5.32 Å². The molecule has 0 spiro atoms. The second-order valence-corrected chi connectivity index (χ2v) is 5.31. The highest BCUT2D eigenvalue weighted by Gasteiger charge is 2.11. The number of amides is 1. The van der Waals surface area contributed by atoms with Crippen molar-refractivity contribution in [2.75, 3.05) is 13.2 Å². The highest BCUT2D eigenvalue weighted by molar-refractivity contribution is 6.29. The van der Waals surface area contributed by atoms with Gasteiger partial charge in [-0.15, -0.1) is 0 Å². The molecule has 0 fully saturated rings. The summed E-state index contributed by atoms with van der Waals surface area (Å²) in [5, 5.41) is 3.06. The van der Waals surface area contributed by atoms with Crippen LogP contribution in [-0.2, 0) is 9.53 Å². The topological polar surface area (TPSA) is 68.3 Å². The maximum absolute atomic E-state index is 12.0. The Morgan fingerprint density at radius 1 is 1.38 bits per heavy atom. The minimum Gasteiger partial charge on any atom is -0.466 e. The Balaban J connectivity index is 2.50. The van der Waals surface area contributed by atoms with Gasteiger partial charge in [0.25, 0.3) is 5.91 Å². The van der Waals surface area contributed by atoms with Crippen LogP contribution >= 0.6 is 11.6 Å². The Morgan fingerprint density at radius 2 is 2.10 bits per heavy atom. The fraction of sp³-hybridized carbons (Fsp3) is 0.533. The van der Waals surface area contributed by atoms with E-state index < -0.39 is 0 Å². The van der Waals surface area contributed by atoms with Gasteiger partial charge in [-0.05, 0) is 31.4 Å². The number of pyridine rings is 1. The van der Waals surface area contributed by atoms with E-state index in [-0.39, 0.29) is 17.8 Å². The fourth-order valence-electron chi connectivity index (χ4n) is 1.71. The van der Waals surface area contributed by atoms with E-state index in [4.69, 9.17) is 16.3 Å². The van der Waals surface area contributed by atoms with E-state index in [1.54, 1.807) is 13.0 Å². The molecule has 116 valence electrons. The minimum absolute atomic E-state index is 0.194. The lowest BCUT2D eigenvalue weighted by molar-refractivity contribution is -0.143. The van der Waals surface area contributed by atoms with Crippen molar-refractivity contribution in [2.24, 2.45) is 0 Å². The molecule has 0 radical (unpaired) electrons. The van der Waals surface area contributed by atoms with Crippen LogP contribution in [-0.4, -0.2) is 30.0 Å². The zero-order chi connectivity index (χ0) is 15.8. The normalized spacial score (nSPS) is 10.5. The molecule has 5 nitrogen and oxygen atoms in total. The summed E-state index contributed by atoms with van der Waals surface area (Å²) in [7, 11) is 0. The van der Waals surface area contributed by atoms with Crippen molar-refractivity contribution < 1.29 is 14.3 Å². The molecule has 1 amide bonds. The minimum atomic E-state index is -0.249. The van der Waals surface area contributed by atoms with Crippen molar-refractivity contribution in [2.45, 2.75) is 39.5 Å². The molecule has 1 N–H and O–H groups in total. The summed E-state index contributed by atoms with van der Waals surface area (Å²) in [4.78, 5) is 27.4. The average molecular weight is 313 g/mol. The van der Waals surface area contributed by atoms with Crippen molar-refractivity contribution in [3.63, 3.8) is 0 Å². The molecular formula is C15H21ClN2O3. The smallest absolute Gasteiger partial charge is 0.305 e. The second kappa shape index (κ2) is 8.62. The third kappa shape index (κ3) is 6.12. The predicted octanol–water partition coefficient (Wildman–Crippen LogP) is 2.93. The van der Waals surface area contributed by atoms with Crippen LogP contribution in [0.25, 0.3) is 0 Å². The monoisotopic (exact) mass is 312 g/mol. The van der Waals surface area contributed by atoms with E-state index in [2.05, 4.69) is 10.3 Å². The van der Waals surface area contributed by atoms with Gasteiger partial charge in [-0.2, -0.15) is 0 Å². The van der Waals surface area contributed by atoms with Crippen LogP contribution in [0.4, 0.5) is 0 Å². The Hall–Kier alpha value is -1.62. The zero-order valence-electron chi connectivity index (χ0n) is 12.6. The molecule has 0 atom stereocenters. The highest BCUT2D eigenvalue weighted by Crippen LogP contribution is 2.17. The van der Waals surface area contributed by atoms with Gasteiger partial charge in [0.2, 0.25) is 0 Å². The van der Waals surface area contributed by atoms with E-state index >= 15 is 0 Å². The molecule has 0 saturated carbocycles. The van der Waals surface area contributed by atoms with Gasteiger partial charge in [0.15, 0.2) is 0 Å². The molecule has 1 aromatic heterocycles. The molecule has 1 aromatic rings. The van der Waals surface area contributed by atoms with E-state index in [1.165, 1.54) is 6.07 Å². The molecule has 0 saturated heterocycles. The number of esters is 1. The first-order valence-electron chi connectivity index (χ1n) is 7.05. The van der Waals surface area contributed by atoms with Gasteiger partial charge in [-0.3, -0.25) is 9.59 Å². The number of ether oxygens (including phenoxy) is 1. The fourth-order valence-corrected chi connectivity index (χ4v) is 1.93. The summed E-state index contributed by atoms with van der Waals surface area (Å²) < 4.78 is 4.81. The Labute approximate surface area is 130 Å². The standard InChI is InChI=1S/C15H21ClN2O3/c1-4-21-14(19)6-5-7-17-15(20)11-8-12(10(2)3)18-13(16)9-11/h8-10H,4-7H2,1-3H3,(H,17,20). The van der Waals surface area contributed by atoms with E-state index in [0.717, 1.165) is 5.69 Å². The van der Waals surface area contributed by atoms with Crippen LogP contribution in [0.5, 0.6) is 0 Å². The number of aromatic nitrogens is 1. The highest BCUT2D eigenvalue weighted by atomic mass is 35.5. The van der Waals surface area contributed by atoms with Crippen molar-refractivity contribution in [1.82, 2.24) is 10.3 Å². The number of halogens is 1. The summed E-state index contributed by atoms with van der Waals surface area (Å²) in [6.07, 6.45) is 0.836. The molecule has 0 bridgehead atoms. The van der Waals surface area contributed by atoms with E-state index in [9.17, 15) is 9.59 Å². The van der Waals surface area contributed by atoms with Gasteiger partial charge in [-0.1, -0.05) is 25.4 Å². The summed E-state index contributed by atoms with van der Waals surface area (Å²) in [5.74, 6) is -0.273. The Bertz CT molecular complexity index is 504. The quantitative estimate of drug-likeness (QED) is 0.477. The third-order valence-electron chi connectivity index (χ3n) is 2.82. The molecule has 0 aliphatic heterocycles. The maximum Gasteiger partial charge on any atom is 0.305 e. The summed E-state index contributed by atoms with van der Waals surface area (Å²) in [5.41, 5.74) is 1.26. The van der Waals surface area contributed by atoms with Gasteiger partial charge in [0.1, 0.15) is 5.15 Å². The molecule has 0 unspecified atom stereocenters. The average Bonchev–Trinajstić information content (AvgIpc) is 2.43. The summed E-state index contributed by atoms with van der Waals surface area (Å²) in [6, 6.07) is 3.27. The van der Waals surface area contributed by atoms with Crippen LogP contribution in [0.3, 0.4) is 0 Å². The lowest BCUT2D eigenvalue weighted by Crippen LogP contribution is -2.25. The molecule has 21 heavy (non-hydrogen) atoms. The van der Waals surface area contributed by atoms with Crippen molar-refractivity contribution in [3.05, 3.63) is 28.5 Å². The lowest BCUT2D eigenvalue weighted by Gasteiger charge is -2.09. The number of hydrogen-bond donors (Lipinski definition) is 1. The number of nitrogens with one attached hydrogen (secondary N) is 1. The van der Waals surface area contributed by atoms with Gasteiger partial charge >= 0.3 is 5.97 Å². The molecule has 0 aliphatic carbocycles. The van der Waals surface area contributed by atoms with E-state index in [1.807, 2.05) is 13.8 Å². The second-order valence-electron chi connectivity index (χ2n) is 4.92. The lowest BCUT2D eigenvalue weighted by atomic mass is 10.1. The largest absolute Gasteiger partial charge is 0.466 e. The van der Waals surface area contributed by atoms with Crippen molar-refractivity contribution >= 4 is 23.5 Å². The number of rotatable bonds is 7. The van der Waals surface area contributed by atoms with E-state index in [0.29, 0.717) is 36.7 Å². The van der Waals surface area contributed by atoms with Crippen molar-refractivity contribution in [3.8, 4) is 0 Å². The summed E-state index contributed by atoms with van der Waals surface area (Å²) >= 11 is 5.92. The van der Waals surface area contributed by atoms with Gasteiger partial charge in [0.05, 0.1) is 6.61 Å². The first kappa shape index (κ1) is 17.4. The molecular weight excluding hydrogens is 292 g/mol. The number of hydrogen-bond acceptors (Lipinski definition) is 4. The molecule has 1 rings (SSSR count). The first-order valence-corrected chi connectivity index (χ1v) is 7.43. The molecule has 1 heterocycles. The number of carbonyl (C=O) groups excluding carboxylic acids is 2. The first-order chi connectivity index (χ1) is 9.93. The molecule has 0 aliphatic rings. The molecule has 6 heteroatoms. The molecule has 0 aromatic carbocycles. The Morgan fingerprint density at radius 3 is 2.71 bits per heavy atom. The van der Waals surface area contributed by atoms with Crippen LogP contribution in [0.1, 0.15) is 55.6 Å². The summed E-state index contributed by atoms with van der Waals surface area (Å²) in [6.45, 7) is 6.52. The third-order valence-corrected chi connectivity index (χ3v) is 3.01. The number of nitrogens with zero attached hydrogens (tertiary/aromatic N) is 1.